The van der Waals surface area contributed by atoms with Crippen LogP contribution in [0.3, 0.4) is 0 Å². The Hall–Kier alpha value is -1.16. The molecule has 0 heterocycles. The molecule has 0 aliphatic rings. The van der Waals surface area contributed by atoms with Crippen molar-refractivity contribution in [3.63, 3.8) is 0 Å². The summed E-state index contributed by atoms with van der Waals surface area (Å²) in [6.45, 7) is 0. The summed E-state index contributed by atoms with van der Waals surface area (Å²) in [6.07, 6.45) is 0. The zero-order valence-electron chi connectivity index (χ0n) is 5.91. The molecule has 0 N–H and O–H groups in total. The second-order valence-corrected chi connectivity index (χ2v) is 3.21. The van der Waals surface area contributed by atoms with Gasteiger partial charge in [0, 0.05) is 4.90 Å². The van der Waals surface area contributed by atoms with Crippen molar-refractivity contribution in [2.24, 2.45) is 0 Å². The van der Waals surface area contributed by atoms with Gasteiger partial charge in [0.05, 0.1) is 10.6 Å². The first-order chi connectivity index (χ1) is 5.77. The highest BCUT2D eigenvalue weighted by Gasteiger charge is 2.00. The quantitative estimate of drug-likeness (QED) is 0.510. The van der Waals surface area contributed by atoms with Crippen LogP contribution in [0.5, 0.6) is 0 Å². The van der Waals surface area contributed by atoms with Crippen molar-refractivity contribution in [1.29, 1.82) is 10.5 Å². The minimum Gasteiger partial charge on any atom is -0.192 e. The highest BCUT2D eigenvalue weighted by atomic mass is 35.5. The minimum absolute atomic E-state index is 0.387. The van der Waals surface area contributed by atoms with Gasteiger partial charge in [-0.25, -0.2) is 0 Å². The van der Waals surface area contributed by atoms with Crippen LogP contribution in [-0.2, 0) is 0 Å². The van der Waals surface area contributed by atoms with E-state index in [0.717, 1.165) is 16.7 Å². The summed E-state index contributed by atoms with van der Waals surface area (Å²) in [7, 11) is 0. The summed E-state index contributed by atoms with van der Waals surface area (Å²) in [4.78, 5) is 0.751. The first-order valence-corrected chi connectivity index (χ1v) is 4.23. The molecule has 1 rings (SSSR count). The summed E-state index contributed by atoms with van der Waals surface area (Å²) in [5.41, 5.74) is 0.430. The number of thiocyanates is 1. The Morgan fingerprint density at radius 2 is 2.08 bits per heavy atom. The lowest BCUT2D eigenvalue weighted by molar-refractivity contribution is 1.42. The molecule has 1 aromatic rings. The number of nitrogens with zero attached hydrogens (tertiary/aromatic N) is 2. The molecule has 0 bridgehead atoms. The molecular formula is C8H3ClN2S. The zero-order valence-corrected chi connectivity index (χ0v) is 7.49. The van der Waals surface area contributed by atoms with E-state index in [1.54, 1.807) is 18.2 Å². The number of benzene rings is 1. The third kappa shape index (κ3) is 1.92. The van der Waals surface area contributed by atoms with E-state index in [1.807, 2.05) is 11.5 Å². The highest BCUT2D eigenvalue weighted by molar-refractivity contribution is 8.03. The minimum atomic E-state index is 0.387. The molecular weight excluding hydrogens is 192 g/mol. The zero-order chi connectivity index (χ0) is 8.97. The van der Waals surface area contributed by atoms with E-state index in [-0.39, 0.29) is 0 Å². The van der Waals surface area contributed by atoms with Gasteiger partial charge in [-0.1, -0.05) is 11.6 Å². The molecule has 0 aliphatic carbocycles. The normalized spacial score (nSPS) is 8.58. The van der Waals surface area contributed by atoms with Gasteiger partial charge in [0.15, 0.2) is 0 Å². The number of nitriles is 2. The van der Waals surface area contributed by atoms with Gasteiger partial charge in [-0.3, -0.25) is 0 Å². The molecule has 0 saturated carbocycles. The van der Waals surface area contributed by atoms with E-state index < -0.39 is 0 Å². The van der Waals surface area contributed by atoms with Gasteiger partial charge in [0.1, 0.15) is 11.5 Å². The molecule has 0 atom stereocenters. The molecule has 0 unspecified atom stereocenters. The molecule has 0 aliphatic heterocycles. The van der Waals surface area contributed by atoms with Crippen LogP contribution >= 0.6 is 23.4 Å². The molecule has 0 spiro atoms. The van der Waals surface area contributed by atoms with Gasteiger partial charge in [-0.05, 0) is 30.0 Å². The van der Waals surface area contributed by atoms with Crippen LogP contribution in [0.2, 0.25) is 5.02 Å². The second-order valence-electron chi connectivity index (χ2n) is 1.95. The number of halogens is 1. The van der Waals surface area contributed by atoms with E-state index >= 15 is 0 Å². The van der Waals surface area contributed by atoms with E-state index in [1.165, 1.54) is 0 Å². The average molecular weight is 195 g/mol. The van der Waals surface area contributed by atoms with Crippen molar-refractivity contribution in [3.05, 3.63) is 28.8 Å². The maximum Gasteiger partial charge on any atom is 0.138 e. The molecule has 0 radical (unpaired) electrons. The van der Waals surface area contributed by atoms with Crippen LogP contribution in [0, 0.1) is 22.0 Å². The van der Waals surface area contributed by atoms with Crippen molar-refractivity contribution < 1.29 is 0 Å². The SMILES string of the molecule is N#CSc1ccc(C#N)c(Cl)c1. The standard InChI is InChI=1S/C8H3ClN2S/c9-8-3-7(12-5-11)2-1-6(8)4-10/h1-3H. The Kier molecular flexibility index (Phi) is 2.99. The third-order valence-electron chi connectivity index (χ3n) is 1.22. The third-order valence-corrected chi connectivity index (χ3v) is 2.12. The summed E-state index contributed by atoms with van der Waals surface area (Å²) in [5.74, 6) is 0. The van der Waals surface area contributed by atoms with Crippen LogP contribution in [0.1, 0.15) is 5.56 Å². The number of rotatable bonds is 1. The van der Waals surface area contributed by atoms with E-state index in [0.29, 0.717) is 10.6 Å². The van der Waals surface area contributed by atoms with Gasteiger partial charge in [-0.2, -0.15) is 10.5 Å². The fourth-order valence-electron chi connectivity index (χ4n) is 0.703. The van der Waals surface area contributed by atoms with Gasteiger partial charge in [0.2, 0.25) is 0 Å². The van der Waals surface area contributed by atoms with Crippen molar-refractivity contribution in [2.45, 2.75) is 4.90 Å². The number of thioether (sulfide) groups is 1. The highest BCUT2D eigenvalue weighted by Crippen LogP contribution is 2.23. The number of hydrogen-bond donors (Lipinski definition) is 0. The molecule has 58 valence electrons. The van der Waals surface area contributed by atoms with Crippen molar-refractivity contribution in [2.75, 3.05) is 0 Å². The molecule has 0 saturated heterocycles. The van der Waals surface area contributed by atoms with Gasteiger partial charge < -0.3 is 0 Å². The van der Waals surface area contributed by atoms with Crippen molar-refractivity contribution >= 4 is 23.4 Å². The Morgan fingerprint density at radius 1 is 1.33 bits per heavy atom. The van der Waals surface area contributed by atoms with Crippen LogP contribution in [0.25, 0.3) is 0 Å². The first kappa shape index (κ1) is 8.93. The number of hydrogen-bond acceptors (Lipinski definition) is 3. The fourth-order valence-corrected chi connectivity index (χ4v) is 1.41. The van der Waals surface area contributed by atoms with Gasteiger partial charge in [-0.15, -0.1) is 0 Å². The van der Waals surface area contributed by atoms with E-state index in [4.69, 9.17) is 22.1 Å². The molecule has 12 heavy (non-hydrogen) atoms. The maximum absolute atomic E-state index is 8.53. The summed E-state index contributed by atoms with van der Waals surface area (Å²) >= 11 is 6.74. The first-order valence-electron chi connectivity index (χ1n) is 3.03. The van der Waals surface area contributed by atoms with Crippen LogP contribution in [0.4, 0.5) is 0 Å². The predicted molar refractivity (Wildman–Crippen MR) is 47.6 cm³/mol. The molecule has 0 fully saturated rings. The Labute approximate surface area is 79.4 Å². The van der Waals surface area contributed by atoms with Gasteiger partial charge in [0.25, 0.3) is 0 Å². The average Bonchev–Trinajstić information content (AvgIpc) is 2.05. The van der Waals surface area contributed by atoms with Crippen LogP contribution in [0.15, 0.2) is 23.1 Å². The smallest absolute Gasteiger partial charge is 0.138 e. The molecule has 2 nitrogen and oxygen atoms in total. The van der Waals surface area contributed by atoms with Gasteiger partial charge >= 0.3 is 0 Å². The largest absolute Gasteiger partial charge is 0.192 e. The lowest BCUT2D eigenvalue weighted by atomic mass is 10.2. The fraction of sp³-hybridized carbons (Fsp3) is 0. The lowest BCUT2D eigenvalue weighted by Gasteiger charge is -1.95. The molecule has 1 aromatic carbocycles. The Balaban J connectivity index is 3.06. The molecule has 0 amide bonds. The second kappa shape index (κ2) is 4.01. The Morgan fingerprint density at radius 3 is 2.58 bits per heavy atom. The van der Waals surface area contributed by atoms with Crippen LogP contribution < -0.4 is 0 Å². The molecule has 4 heteroatoms. The summed E-state index contributed by atoms with van der Waals surface area (Å²) in [5, 5.41) is 19.2. The summed E-state index contributed by atoms with van der Waals surface area (Å²) in [6, 6.07) is 6.84. The van der Waals surface area contributed by atoms with Crippen LogP contribution in [-0.4, -0.2) is 0 Å². The van der Waals surface area contributed by atoms with Crippen molar-refractivity contribution in [3.8, 4) is 11.5 Å². The predicted octanol–water partition coefficient (Wildman–Crippen LogP) is 2.78. The Bertz CT molecular complexity index is 376. The monoisotopic (exact) mass is 194 g/mol. The summed E-state index contributed by atoms with van der Waals surface area (Å²) < 4.78 is 0. The van der Waals surface area contributed by atoms with E-state index in [9.17, 15) is 0 Å². The topological polar surface area (TPSA) is 47.6 Å². The molecule has 0 aromatic heterocycles. The maximum atomic E-state index is 8.53. The lowest BCUT2D eigenvalue weighted by Crippen LogP contribution is -1.76. The van der Waals surface area contributed by atoms with Crippen molar-refractivity contribution in [1.82, 2.24) is 0 Å². The van der Waals surface area contributed by atoms with E-state index in [2.05, 4.69) is 0 Å².